The number of pyridine rings is 1. The number of guanidine groups is 1. The van der Waals surface area contributed by atoms with E-state index < -0.39 is 0 Å². The minimum Gasteiger partial charge on any atom is -0.357 e. The van der Waals surface area contributed by atoms with Crippen LogP contribution in [0.2, 0.25) is 5.02 Å². The predicted octanol–water partition coefficient (Wildman–Crippen LogP) is 3.25. The van der Waals surface area contributed by atoms with Crippen LogP contribution in [0.15, 0.2) is 47.6 Å². The highest BCUT2D eigenvalue weighted by Crippen LogP contribution is 2.25. The summed E-state index contributed by atoms with van der Waals surface area (Å²) in [6.45, 7) is 5.03. The Morgan fingerprint density at radius 2 is 2.19 bits per heavy atom. The van der Waals surface area contributed by atoms with Gasteiger partial charge in [0, 0.05) is 38.4 Å². The highest BCUT2D eigenvalue weighted by molar-refractivity contribution is 6.32. The first-order valence-corrected chi connectivity index (χ1v) is 9.69. The third-order valence-electron chi connectivity index (χ3n) is 4.52. The van der Waals surface area contributed by atoms with Gasteiger partial charge in [0.05, 0.1) is 5.02 Å². The fraction of sp³-hybridized carbons (Fsp3) is 0.400. The molecule has 1 aromatic carbocycles. The average molecular weight is 390 g/mol. The van der Waals surface area contributed by atoms with Gasteiger partial charge in [-0.15, -0.1) is 0 Å². The van der Waals surface area contributed by atoms with Crippen LogP contribution >= 0.6 is 11.6 Å². The quantitative estimate of drug-likeness (QED) is 0.588. The number of nitrogens with one attached hydrogen (secondary N) is 2. The van der Waals surface area contributed by atoms with Crippen LogP contribution in [-0.4, -0.2) is 43.2 Å². The first-order chi connectivity index (χ1) is 13.2. The van der Waals surface area contributed by atoms with Crippen LogP contribution in [0.4, 0.5) is 10.2 Å². The van der Waals surface area contributed by atoms with Crippen LogP contribution in [0.1, 0.15) is 18.9 Å². The number of anilines is 1. The number of aromatic nitrogens is 1. The SMILES string of the molecule is CCNC(=NCCc1ccccc1F)NC1CCN(c2ncccc2Cl)C1. The molecule has 1 saturated heterocycles. The van der Waals surface area contributed by atoms with Gasteiger partial charge in [0.2, 0.25) is 0 Å². The van der Waals surface area contributed by atoms with E-state index in [1.807, 2.05) is 25.1 Å². The maximum atomic E-state index is 13.7. The first-order valence-electron chi connectivity index (χ1n) is 9.31. The molecule has 1 atom stereocenters. The summed E-state index contributed by atoms with van der Waals surface area (Å²) in [7, 11) is 0. The van der Waals surface area contributed by atoms with Crippen LogP contribution < -0.4 is 15.5 Å². The molecular formula is C20H25ClFN5. The molecule has 1 aromatic heterocycles. The van der Waals surface area contributed by atoms with E-state index in [0.29, 0.717) is 23.6 Å². The zero-order chi connectivity index (χ0) is 19.1. The molecule has 27 heavy (non-hydrogen) atoms. The largest absolute Gasteiger partial charge is 0.357 e. The van der Waals surface area contributed by atoms with Crippen molar-refractivity contribution < 1.29 is 4.39 Å². The molecule has 1 fully saturated rings. The van der Waals surface area contributed by atoms with E-state index in [1.54, 1.807) is 18.3 Å². The molecule has 1 aliphatic heterocycles. The number of benzene rings is 1. The lowest BCUT2D eigenvalue weighted by Crippen LogP contribution is -2.44. The monoisotopic (exact) mass is 389 g/mol. The minimum atomic E-state index is -0.177. The third-order valence-corrected chi connectivity index (χ3v) is 4.82. The van der Waals surface area contributed by atoms with Crippen molar-refractivity contribution in [3.8, 4) is 0 Å². The van der Waals surface area contributed by atoms with E-state index in [2.05, 4.69) is 25.5 Å². The molecule has 0 amide bonds. The van der Waals surface area contributed by atoms with E-state index >= 15 is 0 Å². The van der Waals surface area contributed by atoms with Gasteiger partial charge in [0.15, 0.2) is 5.96 Å². The molecule has 5 nitrogen and oxygen atoms in total. The van der Waals surface area contributed by atoms with E-state index in [4.69, 9.17) is 11.6 Å². The molecule has 0 saturated carbocycles. The molecule has 2 aromatic rings. The topological polar surface area (TPSA) is 52.6 Å². The summed E-state index contributed by atoms with van der Waals surface area (Å²) in [5.74, 6) is 1.40. The molecule has 0 bridgehead atoms. The number of rotatable bonds is 6. The fourth-order valence-electron chi connectivity index (χ4n) is 3.18. The smallest absolute Gasteiger partial charge is 0.191 e. The van der Waals surface area contributed by atoms with Crippen LogP contribution in [0.3, 0.4) is 0 Å². The zero-order valence-electron chi connectivity index (χ0n) is 15.5. The Bertz CT molecular complexity index is 782. The summed E-state index contributed by atoms with van der Waals surface area (Å²) in [6, 6.07) is 10.8. The zero-order valence-corrected chi connectivity index (χ0v) is 16.2. The number of hydrogen-bond donors (Lipinski definition) is 2. The molecule has 7 heteroatoms. The molecule has 2 N–H and O–H groups in total. The molecule has 144 valence electrons. The lowest BCUT2D eigenvalue weighted by molar-refractivity contribution is 0.608. The average Bonchev–Trinajstić information content (AvgIpc) is 3.12. The number of nitrogens with zero attached hydrogens (tertiary/aromatic N) is 3. The maximum Gasteiger partial charge on any atom is 0.191 e. The van der Waals surface area contributed by atoms with Gasteiger partial charge in [-0.2, -0.15) is 0 Å². The van der Waals surface area contributed by atoms with E-state index in [0.717, 1.165) is 37.8 Å². The normalized spacial score (nSPS) is 17.2. The molecule has 1 unspecified atom stereocenters. The van der Waals surface area contributed by atoms with Crippen molar-refractivity contribution >= 4 is 23.4 Å². The molecule has 0 radical (unpaired) electrons. The summed E-state index contributed by atoms with van der Waals surface area (Å²) >= 11 is 6.26. The number of hydrogen-bond acceptors (Lipinski definition) is 3. The lowest BCUT2D eigenvalue weighted by Gasteiger charge is -2.20. The standard InChI is InChI=1S/C20H25ClFN5/c1-2-23-20(25-12-9-15-6-3-4-8-18(15)22)26-16-10-13-27(14-16)19-17(21)7-5-11-24-19/h3-8,11,16H,2,9-10,12-14H2,1H3,(H2,23,25,26). The minimum absolute atomic E-state index is 0.177. The summed E-state index contributed by atoms with van der Waals surface area (Å²) in [5, 5.41) is 7.40. The highest BCUT2D eigenvalue weighted by Gasteiger charge is 2.25. The van der Waals surface area contributed by atoms with E-state index in [1.165, 1.54) is 6.07 Å². The Morgan fingerprint density at radius 3 is 2.96 bits per heavy atom. The number of aliphatic imine (C=N–C) groups is 1. The highest BCUT2D eigenvalue weighted by atomic mass is 35.5. The van der Waals surface area contributed by atoms with E-state index in [9.17, 15) is 4.39 Å². The Hall–Kier alpha value is -2.34. The fourth-order valence-corrected chi connectivity index (χ4v) is 3.42. The van der Waals surface area contributed by atoms with Crippen molar-refractivity contribution in [1.82, 2.24) is 15.6 Å². The molecule has 1 aliphatic rings. The van der Waals surface area contributed by atoms with Gasteiger partial charge in [-0.25, -0.2) is 9.37 Å². The van der Waals surface area contributed by atoms with Crippen molar-refractivity contribution in [2.24, 2.45) is 4.99 Å². The van der Waals surface area contributed by atoms with Gasteiger partial charge in [-0.05, 0) is 43.5 Å². The Labute approximate surface area is 164 Å². The van der Waals surface area contributed by atoms with Crippen LogP contribution in [0, 0.1) is 5.82 Å². The lowest BCUT2D eigenvalue weighted by atomic mass is 10.1. The molecule has 0 aliphatic carbocycles. The second kappa shape index (κ2) is 9.55. The van der Waals surface area contributed by atoms with Crippen molar-refractivity contribution in [2.75, 3.05) is 31.1 Å². The predicted molar refractivity (Wildman–Crippen MR) is 109 cm³/mol. The van der Waals surface area contributed by atoms with Gasteiger partial charge < -0.3 is 15.5 Å². The molecule has 0 spiro atoms. The summed E-state index contributed by atoms with van der Waals surface area (Å²) in [6.07, 6.45) is 3.31. The third kappa shape index (κ3) is 5.32. The molecule has 2 heterocycles. The van der Waals surface area contributed by atoms with E-state index in [-0.39, 0.29) is 11.9 Å². The number of halogens is 2. The summed E-state index contributed by atoms with van der Waals surface area (Å²) in [5.41, 5.74) is 0.689. The van der Waals surface area contributed by atoms with Gasteiger partial charge >= 0.3 is 0 Å². The second-order valence-electron chi connectivity index (χ2n) is 6.49. The van der Waals surface area contributed by atoms with Crippen molar-refractivity contribution in [1.29, 1.82) is 0 Å². The van der Waals surface area contributed by atoms with Gasteiger partial charge in [-0.1, -0.05) is 29.8 Å². The van der Waals surface area contributed by atoms with Crippen LogP contribution in [-0.2, 0) is 6.42 Å². The second-order valence-corrected chi connectivity index (χ2v) is 6.89. The van der Waals surface area contributed by atoms with Gasteiger partial charge in [0.25, 0.3) is 0 Å². The van der Waals surface area contributed by atoms with Crippen molar-refractivity contribution in [2.45, 2.75) is 25.8 Å². The van der Waals surface area contributed by atoms with Crippen LogP contribution in [0.5, 0.6) is 0 Å². The summed E-state index contributed by atoms with van der Waals surface area (Å²) in [4.78, 5) is 11.2. The molecular weight excluding hydrogens is 365 g/mol. The van der Waals surface area contributed by atoms with Crippen molar-refractivity contribution in [3.63, 3.8) is 0 Å². The van der Waals surface area contributed by atoms with Gasteiger partial charge in [0.1, 0.15) is 11.6 Å². The Balaban J connectivity index is 1.56. The summed E-state index contributed by atoms with van der Waals surface area (Å²) < 4.78 is 13.7. The first kappa shape index (κ1) is 19.4. The van der Waals surface area contributed by atoms with Crippen molar-refractivity contribution in [3.05, 3.63) is 59.0 Å². The Morgan fingerprint density at radius 1 is 1.33 bits per heavy atom. The Kier molecular flexibility index (Phi) is 6.87. The van der Waals surface area contributed by atoms with Crippen LogP contribution in [0.25, 0.3) is 0 Å². The van der Waals surface area contributed by atoms with Gasteiger partial charge in [-0.3, -0.25) is 4.99 Å². The molecule has 3 rings (SSSR count). The maximum absolute atomic E-state index is 13.7.